The first kappa shape index (κ1) is 15.2. The van der Waals surface area contributed by atoms with Crippen LogP contribution in [0.5, 0.6) is 0 Å². The molecule has 6 nitrogen and oxygen atoms in total. The fourth-order valence-corrected chi connectivity index (χ4v) is 2.02. The monoisotopic (exact) mass is 306 g/mol. The summed E-state index contributed by atoms with van der Waals surface area (Å²) in [5, 5.41) is 6.85. The molecule has 112 valence electrons. The number of nitrogen functional groups attached to an aromatic ring is 1. The van der Waals surface area contributed by atoms with Crippen molar-refractivity contribution in [3.05, 3.63) is 42.2 Å². The van der Waals surface area contributed by atoms with Crippen molar-refractivity contribution in [2.45, 2.75) is 12.2 Å². The topological polar surface area (TPSA) is 90.0 Å². The van der Waals surface area contributed by atoms with E-state index in [2.05, 4.69) is 10.4 Å². The molecule has 2 aromatic rings. The molecular formula is C14H18N4O2S. The first-order chi connectivity index (χ1) is 9.97. The molecule has 0 saturated heterocycles. The summed E-state index contributed by atoms with van der Waals surface area (Å²) in [7, 11) is -0.965. The second kappa shape index (κ2) is 6.53. The Bertz CT molecular complexity index is 668. The van der Waals surface area contributed by atoms with Crippen molar-refractivity contribution >= 4 is 22.4 Å². The van der Waals surface area contributed by atoms with Crippen LogP contribution in [-0.2, 0) is 10.8 Å². The fraction of sp³-hybridized carbons (Fsp3) is 0.286. The second-order valence-corrected chi connectivity index (χ2v) is 6.56. The van der Waals surface area contributed by atoms with E-state index in [1.165, 1.54) is 0 Å². The van der Waals surface area contributed by atoms with Gasteiger partial charge in [-0.05, 0) is 31.2 Å². The van der Waals surface area contributed by atoms with Crippen LogP contribution in [0, 0.1) is 0 Å². The van der Waals surface area contributed by atoms with E-state index in [1.54, 1.807) is 35.3 Å². The number of carbonyl (C=O) groups excluding carboxylic acids is 1. The number of hydrogen-bond acceptors (Lipinski definition) is 4. The SMILES string of the molecule is CC(CNC(=O)c1ccn(-c2cccc(N)c2)n1)S(C)=O. The number of aromatic nitrogens is 2. The minimum Gasteiger partial charge on any atom is -0.399 e. The summed E-state index contributed by atoms with van der Waals surface area (Å²) >= 11 is 0. The molecule has 1 amide bonds. The van der Waals surface area contributed by atoms with Crippen LogP contribution in [0.4, 0.5) is 5.69 Å². The minimum atomic E-state index is -0.965. The Morgan fingerprint density at radius 1 is 1.48 bits per heavy atom. The first-order valence-electron chi connectivity index (χ1n) is 6.49. The molecule has 0 aliphatic carbocycles. The Morgan fingerprint density at radius 2 is 2.24 bits per heavy atom. The van der Waals surface area contributed by atoms with Crippen LogP contribution >= 0.6 is 0 Å². The van der Waals surface area contributed by atoms with E-state index < -0.39 is 10.8 Å². The zero-order valence-corrected chi connectivity index (χ0v) is 12.8. The third-order valence-corrected chi connectivity index (χ3v) is 4.37. The van der Waals surface area contributed by atoms with E-state index in [1.807, 2.05) is 19.1 Å². The molecular weight excluding hydrogens is 288 g/mol. The van der Waals surface area contributed by atoms with E-state index in [9.17, 15) is 9.00 Å². The van der Waals surface area contributed by atoms with Gasteiger partial charge in [0.05, 0.1) is 5.69 Å². The molecule has 21 heavy (non-hydrogen) atoms. The molecule has 3 N–H and O–H groups in total. The maximum atomic E-state index is 12.0. The van der Waals surface area contributed by atoms with Gasteiger partial charge in [-0.15, -0.1) is 0 Å². The predicted molar refractivity (Wildman–Crippen MR) is 83.8 cm³/mol. The Labute approximate surface area is 125 Å². The third kappa shape index (κ3) is 3.91. The zero-order valence-electron chi connectivity index (χ0n) is 11.9. The molecule has 0 aliphatic rings. The molecule has 2 atom stereocenters. The summed E-state index contributed by atoms with van der Waals surface area (Å²) in [6, 6.07) is 8.87. The number of nitrogens with one attached hydrogen (secondary N) is 1. The van der Waals surface area contributed by atoms with Gasteiger partial charge in [-0.1, -0.05) is 6.07 Å². The van der Waals surface area contributed by atoms with E-state index in [-0.39, 0.29) is 11.2 Å². The second-order valence-electron chi connectivity index (χ2n) is 4.76. The highest BCUT2D eigenvalue weighted by Gasteiger charge is 2.13. The van der Waals surface area contributed by atoms with E-state index in [0.29, 0.717) is 17.9 Å². The summed E-state index contributed by atoms with van der Waals surface area (Å²) in [4.78, 5) is 12.0. The summed E-state index contributed by atoms with van der Waals surface area (Å²) in [5.41, 5.74) is 7.46. The molecule has 0 spiro atoms. The van der Waals surface area contributed by atoms with Crippen LogP contribution < -0.4 is 11.1 Å². The van der Waals surface area contributed by atoms with Crippen LogP contribution in [0.3, 0.4) is 0 Å². The Balaban J connectivity index is 2.06. The zero-order chi connectivity index (χ0) is 15.4. The molecule has 0 bridgehead atoms. The number of hydrogen-bond donors (Lipinski definition) is 2. The van der Waals surface area contributed by atoms with Gasteiger partial charge in [0.15, 0.2) is 5.69 Å². The summed E-state index contributed by atoms with van der Waals surface area (Å²) in [6.07, 6.45) is 3.32. The van der Waals surface area contributed by atoms with Gasteiger partial charge in [-0.3, -0.25) is 9.00 Å². The van der Waals surface area contributed by atoms with E-state index in [4.69, 9.17) is 5.73 Å². The number of anilines is 1. The lowest BCUT2D eigenvalue weighted by Crippen LogP contribution is -2.32. The van der Waals surface area contributed by atoms with Crippen molar-refractivity contribution in [2.24, 2.45) is 0 Å². The number of nitrogens with two attached hydrogens (primary N) is 1. The number of benzene rings is 1. The normalized spacial score (nSPS) is 13.6. The molecule has 2 unspecified atom stereocenters. The van der Waals surface area contributed by atoms with Crippen molar-refractivity contribution < 1.29 is 9.00 Å². The Hall–Kier alpha value is -2.15. The largest absolute Gasteiger partial charge is 0.399 e. The van der Waals surface area contributed by atoms with Crippen molar-refractivity contribution in [1.82, 2.24) is 15.1 Å². The van der Waals surface area contributed by atoms with Gasteiger partial charge in [-0.2, -0.15) is 5.10 Å². The van der Waals surface area contributed by atoms with Gasteiger partial charge in [-0.25, -0.2) is 4.68 Å². The molecule has 0 aliphatic heterocycles. The molecule has 2 rings (SSSR count). The molecule has 7 heteroatoms. The molecule has 1 aromatic heterocycles. The highest BCUT2D eigenvalue weighted by Crippen LogP contribution is 2.11. The smallest absolute Gasteiger partial charge is 0.271 e. The van der Waals surface area contributed by atoms with Gasteiger partial charge in [0.1, 0.15) is 0 Å². The number of rotatable bonds is 5. The van der Waals surface area contributed by atoms with Gasteiger partial charge in [0.25, 0.3) is 5.91 Å². The van der Waals surface area contributed by atoms with Gasteiger partial charge < -0.3 is 11.1 Å². The van der Waals surface area contributed by atoms with Crippen molar-refractivity contribution in [3.63, 3.8) is 0 Å². The van der Waals surface area contributed by atoms with Crippen molar-refractivity contribution in [3.8, 4) is 5.69 Å². The summed E-state index contributed by atoms with van der Waals surface area (Å²) < 4.78 is 12.8. The van der Waals surface area contributed by atoms with Crippen LogP contribution in [0.1, 0.15) is 17.4 Å². The number of carbonyl (C=O) groups is 1. The molecule has 0 radical (unpaired) electrons. The van der Waals surface area contributed by atoms with Gasteiger partial charge >= 0.3 is 0 Å². The van der Waals surface area contributed by atoms with E-state index >= 15 is 0 Å². The maximum absolute atomic E-state index is 12.0. The first-order valence-corrected chi connectivity index (χ1v) is 8.11. The minimum absolute atomic E-state index is 0.0926. The van der Waals surface area contributed by atoms with Crippen LogP contribution in [0.15, 0.2) is 36.5 Å². The maximum Gasteiger partial charge on any atom is 0.271 e. The molecule has 0 saturated carbocycles. The van der Waals surface area contributed by atoms with Crippen LogP contribution in [0.25, 0.3) is 5.69 Å². The quantitative estimate of drug-likeness (QED) is 0.805. The predicted octanol–water partition coefficient (Wildman–Crippen LogP) is 0.951. The molecule has 1 heterocycles. The number of nitrogens with zero attached hydrogens (tertiary/aromatic N) is 2. The summed E-state index contributed by atoms with van der Waals surface area (Å²) in [6.45, 7) is 2.18. The highest BCUT2D eigenvalue weighted by molar-refractivity contribution is 7.84. The number of amides is 1. The fourth-order valence-electron chi connectivity index (χ4n) is 1.70. The van der Waals surface area contributed by atoms with E-state index in [0.717, 1.165) is 5.69 Å². The van der Waals surface area contributed by atoms with Gasteiger partial charge in [0, 0.05) is 40.7 Å². The average molecular weight is 306 g/mol. The standard InChI is InChI=1S/C14H18N4O2S/c1-10(21(2)20)9-16-14(19)13-6-7-18(17-13)12-5-3-4-11(15)8-12/h3-8,10H,9,15H2,1-2H3,(H,16,19). The Morgan fingerprint density at radius 3 is 2.90 bits per heavy atom. The van der Waals surface area contributed by atoms with Crippen molar-refractivity contribution in [1.29, 1.82) is 0 Å². The molecule has 1 aromatic carbocycles. The lowest BCUT2D eigenvalue weighted by atomic mass is 10.3. The van der Waals surface area contributed by atoms with Crippen LogP contribution in [-0.4, -0.2) is 37.9 Å². The van der Waals surface area contributed by atoms with Crippen LogP contribution in [0.2, 0.25) is 0 Å². The lowest BCUT2D eigenvalue weighted by Gasteiger charge is -2.08. The highest BCUT2D eigenvalue weighted by atomic mass is 32.2. The molecule has 0 fully saturated rings. The Kier molecular flexibility index (Phi) is 4.74. The van der Waals surface area contributed by atoms with Crippen molar-refractivity contribution in [2.75, 3.05) is 18.5 Å². The lowest BCUT2D eigenvalue weighted by molar-refractivity contribution is 0.0948. The summed E-state index contributed by atoms with van der Waals surface area (Å²) in [5.74, 6) is -0.282. The van der Waals surface area contributed by atoms with Gasteiger partial charge in [0.2, 0.25) is 0 Å². The third-order valence-electron chi connectivity index (χ3n) is 3.07. The average Bonchev–Trinajstić information content (AvgIpc) is 2.94.